The number of carboxylic acids is 1. The molecule has 1 aliphatic carbocycles. The van der Waals surface area contributed by atoms with Crippen molar-refractivity contribution < 1.29 is 18.3 Å². The summed E-state index contributed by atoms with van der Waals surface area (Å²) in [4.78, 5) is 13.1. The molecule has 2 fully saturated rings. The van der Waals surface area contributed by atoms with Crippen molar-refractivity contribution in [2.24, 2.45) is 0 Å². The predicted molar refractivity (Wildman–Crippen MR) is 78.9 cm³/mol. The van der Waals surface area contributed by atoms with Crippen molar-refractivity contribution in [2.75, 3.05) is 18.1 Å². The minimum atomic E-state index is -3.24. The van der Waals surface area contributed by atoms with Crippen molar-refractivity contribution in [1.82, 2.24) is 4.90 Å². The average molecular weight is 309 g/mol. The quantitative estimate of drug-likeness (QED) is 0.906. The fourth-order valence-corrected chi connectivity index (χ4v) is 4.37. The maximum atomic E-state index is 11.6. The largest absolute Gasteiger partial charge is 0.480 e. The zero-order valence-corrected chi connectivity index (χ0v) is 12.6. The molecule has 1 N–H and O–H groups in total. The zero-order valence-electron chi connectivity index (χ0n) is 11.7. The summed E-state index contributed by atoms with van der Waals surface area (Å²) in [5.41, 5.74) is 2.37. The molecule has 0 radical (unpaired) electrons. The molecule has 1 unspecified atom stereocenters. The third-order valence-corrected chi connectivity index (χ3v) is 5.84. The molecule has 1 saturated carbocycles. The molecule has 0 bridgehead atoms. The van der Waals surface area contributed by atoms with Gasteiger partial charge >= 0.3 is 5.97 Å². The second kappa shape index (κ2) is 5.42. The number of carboxylic acid groups (broad SMARTS) is 1. The van der Waals surface area contributed by atoms with Gasteiger partial charge in [0.05, 0.1) is 11.5 Å². The van der Waals surface area contributed by atoms with Crippen LogP contribution in [0.3, 0.4) is 0 Å². The molecule has 1 aromatic rings. The number of rotatable bonds is 4. The molecule has 0 amide bonds. The molecule has 1 aromatic carbocycles. The lowest BCUT2D eigenvalue weighted by Crippen LogP contribution is -2.51. The van der Waals surface area contributed by atoms with E-state index < -0.39 is 21.8 Å². The van der Waals surface area contributed by atoms with E-state index >= 15 is 0 Å². The van der Waals surface area contributed by atoms with E-state index in [2.05, 4.69) is 12.1 Å². The Hall–Kier alpha value is -1.40. The Morgan fingerprint density at radius 2 is 2.10 bits per heavy atom. The summed E-state index contributed by atoms with van der Waals surface area (Å²) in [6.45, 7) is 0.778. The molecule has 2 aliphatic rings. The third-order valence-electron chi connectivity index (χ3n) is 4.21. The van der Waals surface area contributed by atoms with Crippen LogP contribution in [-0.4, -0.2) is 48.5 Å². The van der Waals surface area contributed by atoms with Gasteiger partial charge in [-0.05, 0) is 29.9 Å². The minimum Gasteiger partial charge on any atom is -0.480 e. The molecule has 114 valence electrons. The highest BCUT2D eigenvalue weighted by atomic mass is 32.2. The highest BCUT2D eigenvalue weighted by molar-refractivity contribution is 7.91. The van der Waals surface area contributed by atoms with Crippen LogP contribution >= 0.6 is 0 Å². The van der Waals surface area contributed by atoms with E-state index in [1.54, 1.807) is 4.90 Å². The molecule has 0 aromatic heterocycles. The maximum absolute atomic E-state index is 11.6. The first kappa shape index (κ1) is 14.5. The lowest BCUT2D eigenvalue weighted by atomic mass is 10.1. The molecule has 1 saturated heterocycles. The molecule has 1 heterocycles. The van der Waals surface area contributed by atoms with E-state index in [4.69, 9.17) is 0 Å². The average Bonchev–Trinajstić information content (AvgIpc) is 3.25. The number of hydrogen-bond acceptors (Lipinski definition) is 4. The Labute approximate surface area is 124 Å². The van der Waals surface area contributed by atoms with Crippen LogP contribution in [0, 0.1) is 0 Å². The monoisotopic (exact) mass is 309 g/mol. The van der Waals surface area contributed by atoms with E-state index in [0.29, 0.717) is 12.5 Å². The first-order valence-corrected chi connectivity index (χ1v) is 9.03. The molecular formula is C15H19NO4S. The smallest absolute Gasteiger partial charge is 0.321 e. The lowest BCUT2D eigenvalue weighted by Gasteiger charge is -2.32. The van der Waals surface area contributed by atoms with Crippen LogP contribution in [0.25, 0.3) is 0 Å². The van der Waals surface area contributed by atoms with Gasteiger partial charge in [0.1, 0.15) is 6.04 Å². The van der Waals surface area contributed by atoms with E-state index in [0.717, 1.165) is 5.56 Å². The van der Waals surface area contributed by atoms with E-state index in [1.807, 2.05) is 12.1 Å². The molecular weight excluding hydrogens is 290 g/mol. The summed E-state index contributed by atoms with van der Waals surface area (Å²) in [6, 6.07) is 7.28. The van der Waals surface area contributed by atoms with Crippen molar-refractivity contribution >= 4 is 15.8 Å². The van der Waals surface area contributed by atoms with Crippen LogP contribution in [0.2, 0.25) is 0 Å². The number of aliphatic carboxylic acids is 1. The third kappa shape index (κ3) is 3.44. The highest BCUT2D eigenvalue weighted by Gasteiger charge is 2.36. The van der Waals surface area contributed by atoms with Crippen LogP contribution in [0.15, 0.2) is 24.3 Å². The van der Waals surface area contributed by atoms with Gasteiger partial charge in [0.15, 0.2) is 9.84 Å². The normalized spacial score (nSPS) is 25.6. The molecule has 1 aliphatic heterocycles. The van der Waals surface area contributed by atoms with Gasteiger partial charge in [0.25, 0.3) is 0 Å². The first-order chi connectivity index (χ1) is 9.94. The Morgan fingerprint density at radius 3 is 2.76 bits per heavy atom. The Balaban J connectivity index is 1.76. The Morgan fingerprint density at radius 1 is 1.33 bits per heavy atom. The van der Waals surface area contributed by atoms with Crippen molar-refractivity contribution in [1.29, 1.82) is 0 Å². The second-order valence-corrected chi connectivity index (χ2v) is 8.19. The van der Waals surface area contributed by atoms with Crippen LogP contribution < -0.4 is 0 Å². The fraction of sp³-hybridized carbons (Fsp3) is 0.533. The van der Waals surface area contributed by atoms with Crippen molar-refractivity contribution in [3.05, 3.63) is 35.4 Å². The topological polar surface area (TPSA) is 74.7 Å². The predicted octanol–water partition coefficient (Wildman–Crippen LogP) is 1.25. The van der Waals surface area contributed by atoms with Crippen molar-refractivity contribution in [2.45, 2.75) is 31.3 Å². The van der Waals surface area contributed by atoms with Gasteiger partial charge in [0.2, 0.25) is 0 Å². The van der Waals surface area contributed by atoms with Crippen LogP contribution in [0.1, 0.15) is 29.9 Å². The van der Waals surface area contributed by atoms with Crippen molar-refractivity contribution in [3.63, 3.8) is 0 Å². The number of carbonyl (C=O) groups is 1. The highest BCUT2D eigenvalue weighted by Crippen LogP contribution is 2.40. The van der Waals surface area contributed by atoms with Gasteiger partial charge in [0, 0.05) is 13.1 Å². The van der Waals surface area contributed by atoms with Crippen LogP contribution in [0.5, 0.6) is 0 Å². The number of sulfone groups is 1. The second-order valence-electron chi connectivity index (χ2n) is 5.96. The molecule has 21 heavy (non-hydrogen) atoms. The maximum Gasteiger partial charge on any atom is 0.321 e. The summed E-state index contributed by atoms with van der Waals surface area (Å²) in [6.07, 6.45) is 2.45. The van der Waals surface area contributed by atoms with Gasteiger partial charge in [-0.2, -0.15) is 0 Å². The van der Waals surface area contributed by atoms with Crippen LogP contribution in [0.4, 0.5) is 0 Å². The first-order valence-electron chi connectivity index (χ1n) is 7.21. The van der Waals surface area contributed by atoms with E-state index in [1.165, 1.54) is 18.4 Å². The van der Waals surface area contributed by atoms with Crippen molar-refractivity contribution in [3.8, 4) is 0 Å². The molecule has 5 nitrogen and oxygen atoms in total. The number of hydrogen-bond donors (Lipinski definition) is 1. The molecule has 1 atom stereocenters. The zero-order chi connectivity index (χ0) is 15.0. The Bertz CT molecular complexity index is 651. The summed E-state index contributed by atoms with van der Waals surface area (Å²) < 4.78 is 23.3. The standard InChI is InChI=1S/C15H19NO4S/c17-15(18)14-10-21(19,20)7-6-16(14)9-11-2-1-3-13(8-11)12-4-5-12/h1-3,8,12,14H,4-7,9-10H2,(H,17,18). The lowest BCUT2D eigenvalue weighted by molar-refractivity contribution is -0.142. The summed E-state index contributed by atoms with van der Waals surface area (Å²) >= 11 is 0. The van der Waals surface area contributed by atoms with Gasteiger partial charge in [-0.1, -0.05) is 24.3 Å². The summed E-state index contributed by atoms with van der Waals surface area (Å²) in [5, 5.41) is 9.27. The van der Waals surface area contributed by atoms with Crippen LogP contribution in [-0.2, 0) is 21.2 Å². The fourth-order valence-electron chi connectivity index (χ4n) is 2.85. The number of nitrogens with zero attached hydrogens (tertiary/aromatic N) is 1. The van der Waals surface area contributed by atoms with E-state index in [9.17, 15) is 18.3 Å². The summed E-state index contributed by atoms with van der Waals surface area (Å²) in [7, 11) is -3.24. The molecule has 6 heteroatoms. The molecule has 3 rings (SSSR count). The SMILES string of the molecule is O=C(O)C1CS(=O)(=O)CCN1Cc1cccc(C2CC2)c1. The Kier molecular flexibility index (Phi) is 3.75. The van der Waals surface area contributed by atoms with Gasteiger partial charge < -0.3 is 5.11 Å². The minimum absolute atomic E-state index is 0.0408. The summed E-state index contributed by atoms with van der Waals surface area (Å²) in [5.74, 6) is -0.650. The van der Waals surface area contributed by atoms with Gasteiger partial charge in [-0.25, -0.2) is 8.42 Å². The molecule has 0 spiro atoms. The van der Waals surface area contributed by atoms with E-state index in [-0.39, 0.29) is 18.1 Å². The van der Waals surface area contributed by atoms with Gasteiger partial charge in [-0.15, -0.1) is 0 Å². The number of benzene rings is 1. The van der Waals surface area contributed by atoms with Gasteiger partial charge in [-0.3, -0.25) is 9.69 Å².